The van der Waals surface area contributed by atoms with Crippen molar-refractivity contribution in [1.82, 2.24) is 15.2 Å². The van der Waals surface area contributed by atoms with E-state index in [0.717, 1.165) is 38.0 Å². The lowest BCUT2D eigenvalue weighted by molar-refractivity contribution is -0.121. The van der Waals surface area contributed by atoms with Gasteiger partial charge in [0.1, 0.15) is 6.04 Å². The molecule has 0 aliphatic carbocycles. The molecule has 0 saturated carbocycles. The monoisotopic (exact) mass is 316 g/mol. The number of carbonyl (C=O) groups is 2. The van der Waals surface area contributed by atoms with Crippen molar-refractivity contribution in [2.45, 2.75) is 38.6 Å². The fourth-order valence-electron chi connectivity index (χ4n) is 3.37. The Labute approximate surface area is 136 Å². The summed E-state index contributed by atoms with van der Waals surface area (Å²) in [6.45, 7) is 4.42. The Morgan fingerprint density at radius 1 is 1.39 bits per heavy atom. The minimum Gasteiger partial charge on any atom is -0.326 e. The summed E-state index contributed by atoms with van der Waals surface area (Å²) >= 11 is 0. The van der Waals surface area contributed by atoms with Crippen LogP contribution >= 0.6 is 0 Å². The second kappa shape index (κ2) is 6.98. The summed E-state index contributed by atoms with van der Waals surface area (Å²) in [5.41, 5.74) is 0.795. The van der Waals surface area contributed by atoms with E-state index in [-0.39, 0.29) is 11.9 Å². The van der Waals surface area contributed by atoms with Crippen LogP contribution in [0.4, 0.5) is 10.5 Å². The number of nitrogens with one attached hydrogen (secondary N) is 1. The third-order valence-electron chi connectivity index (χ3n) is 4.84. The largest absolute Gasteiger partial charge is 0.326 e. The highest BCUT2D eigenvalue weighted by Crippen LogP contribution is 2.22. The van der Waals surface area contributed by atoms with Gasteiger partial charge in [0.15, 0.2) is 0 Å². The van der Waals surface area contributed by atoms with E-state index in [9.17, 15) is 9.59 Å². The molecule has 2 saturated heterocycles. The number of carbonyl (C=O) groups excluding carboxylic acids is 2. The summed E-state index contributed by atoms with van der Waals surface area (Å²) in [7, 11) is 0. The molecule has 0 spiro atoms. The molecular formula is C17H24N4O2. The smallest absolute Gasteiger partial charge is 0.318 e. The van der Waals surface area contributed by atoms with Crippen LogP contribution in [-0.2, 0) is 4.79 Å². The maximum absolute atomic E-state index is 12.7. The van der Waals surface area contributed by atoms with E-state index in [1.807, 2.05) is 17.0 Å². The van der Waals surface area contributed by atoms with Gasteiger partial charge in [0, 0.05) is 25.8 Å². The Hall–Kier alpha value is -2.11. The normalized spacial score (nSPS) is 24.8. The van der Waals surface area contributed by atoms with Crippen LogP contribution in [-0.4, -0.2) is 47.5 Å². The zero-order chi connectivity index (χ0) is 16.2. The van der Waals surface area contributed by atoms with Gasteiger partial charge >= 0.3 is 6.03 Å². The molecule has 23 heavy (non-hydrogen) atoms. The Morgan fingerprint density at radius 2 is 2.26 bits per heavy atom. The van der Waals surface area contributed by atoms with Gasteiger partial charge in [-0.2, -0.15) is 0 Å². The number of piperidine rings is 1. The van der Waals surface area contributed by atoms with E-state index in [1.54, 1.807) is 17.3 Å². The number of amides is 3. The number of hydrogen-bond donors (Lipinski definition) is 1. The average molecular weight is 316 g/mol. The van der Waals surface area contributed by atoms with Crippen LogP contribution < -0.4 is 10.2 Å². The van der Waals surface area contributed by atoms with Crippen molar-refractivity contribution in [3.8, 4) is 0 Å². The van der Waals surface area contributed by atoms with Gasteiger partial charge in [0.25, 0.3) is 0 Å². The van der Waals surface area contributed by atoms with Crippen LogP contribution in [0.15, 0.2) is 24.5 Å². The lowest BCUT2D eigenvalue weighted by atomic mass is 10.0. The highest BCUT2D eigenvalue weighted by molar-refractivity contribution is 5.99. The molecule has 124 valence electrons. The minimum absolute atomic E-state index is 0.0381. The lowest BCUT2D eigenvalue weighted by Crippen LogP contribution is -2.55. The lowest BCUT2D eigenvalue weighted by Gasteiger charge is -2.33. The maximum atomic E-state index is 12.7. The van der Waals surface area contributed by atoms with Gasteiger partial charge in [0.05, 0.1) is 11.9 Å². The van der Waals surface area contributed by atoms with Crippen molar-refractivity contribution >= 4 is 17.6 Å². The SMILES string of the molecule is CC[C@@H]1CCN(C(=O)N[C@H]2CCCN(c3cccnc3)C2=O)C1. The van der Waals surface area contributed by atoms with Crippen LogP contribution in [0.25, 0.3) is 0 Å². The standard InChI is InChI=1S/C17H24N4O2/c1-2-13-7-10-20(12-13)17(23)19-15-6-4-9-21(16(15)22)14-5-3-8-18-11-14/h3,5,8,11,13,15H,2,4,6-7,9-10,12H2,1H3,(H,19,23)/t13-,15+/m1/s1. The number of hydrogen-bond acceptors (Lipinski definition) is 3. The molecule has 2 atom stereocenters. The van der Waals surface area contributed by atoms with Crippen LogP contribution in [0, 0.1) is 5.92 Å². The Kier molecular flexibility index (Phi) is 4.79. The second-order valence-corrected chi connectivity index (χ2v) is 6.35. The average Bonchev–Trinajstić information content (AvgIpc) is 3.07. The summed E-state index contributed by atoms with van der Waals surface area (Å²) < 4.78 is 0. The molecule has 2 aliphatic rings. The number of likely N-dealkylation sites (tertiary alicyclic amines) is 1. The summed E-state index contributed by atoms with van der Waals surface area (Å²) in [4.78, 5) is 32.7. The first kappa shape index (κ1) is 15.8. The van der Waals surface area contributed by atoms with E-state index in [1.165, 1.54) is 0 Å². The van der Waals surface area contributed by atoms with Crippen molar-refractivity contribution in [2.75, 3.05) is 24.5 Å². The zero-order valence-electron chi connectivity index (χ0n) is 13.6. The predicted molar refractivity (Wildman–Crippen MR) is 88.1 cm³/mol. The molecule has 3 heterocycles. The first-order valence-electron chi connectivity index (χ1n) is 8.46. The van der Waals surface area contributed by atoms with Crippen LogP contribution in [0.2, 0.25) is 0 Å². The van der Waals surface area contributed by atoms with Crippen molar-refractivity contribution in [3.05, 3.63) is 24.5 Å². The number of nitrogens with zero attached hydrogens (tertiary/aromatic N) is 3. The Morgan fingerprint density at radius 3 is 2.96 bits per heavy atom. The van der Waals surface area contributed by atoms with E-state index in [4.69, 9.17) is 0 Å². The predicted octanol–water partition coefficient (Wildman–Crippen LogP) is 2.02. The van der Waals surface area contributed by atoms with Gasteiger partial charge in [-0.25, -0.2) is 4.79 Å². The van der Waals surface area contributed by atoms with E-state index in [0.29, 0.717) is 18.9 Å². The first-order valence-corrected chi connectivity index (χ1v) is 8.46. The van der Waals surface area contributed by atoms with Gasteiger partial charge in [-0.1, -0.05) is 13.3 Å². The highest BCUT2D eigenvalue weighted by atomic mass is 16.2. The van der Waals surface area contributed by atoms with E-state index in [2.05, 4.69) is 17.2 Å². The van der Waals surface area contributed by atoms with Crippen LogP contribution in [0.5, 0.6) is 0 Å². The first-order chi connectivity index (χ1) is 11.2. The number of aromatic nitrogens is 1. The van der Waals surface area contributed by atoms with Crippen molar-refractivity contribution in [1.29, 1.82) is 0 Å². The number of anilines is 1. The van der Waals surface area contributed by atoms with Crippen LogP contribution in [0.3, 0.4) is 0 Å². The second-order valence-electron chi connectivity index (χ2n) is 6.35. The summed E-state index contributed by atoms with van der Waals surface area (Å²) in [6, 6.07) is 3.16. The summed E-state index contributed by atoms with van der Waals surface area (Å²) in [6.07, 6.45) is 7.12. The van der Waals surface area contributed by atoms with Gasteiger partial charge in [-0.3, -0.25) is 9.78 Å². The van der Waals surface area contributed by atoms with Gasteiger partial charge in [-0.15, -0.1) is 0 Å². The fourth-order valence-corrected chi connectivity index (χ4v) is 3.37. The van der Waals surface area contributed by atoms with Gasteiger partial charge < -0.3 is 15.1 Å². The molecule has 0 bridgehead atoms. The Bertz CT molecular complexity index is 563. The van der Waals surface area contributed by atoms with Gasteiger partial charge in [-0.05, 0) is 37.3 Å². The maximum Gasteiger partial charge on any atom is 0.318 e. The fraction of sp³-hybridized carbons (Fsp3) is 0.588. The van der Waals surface area contributed by atoms with Crippen molar-refractivity contribution < 1.29 is 9.59 Å². The number of rotatable bonds is 3. The van der Waals surface area contributed by atoms with Gasteiger partial charge in [0.2, 0.25) is 5.91 Å². The molecule has 6 heteroatoms. The molecule has 0 aromatic carbocycles. The molecule has 3 rings (SSSR count). The summed E-state index contributed by atoms with van der Waals surface area (Å²) in [5, 5.41) is 2.93. The number of pyridine rings is 1. The minimum atomic E-state index is -0.433. The third kappa shape index (κ3) is 3.46. The molecule has 0 unspecified atom stereocenters. The molecule has 2 fully saturated rings. The number of urea groups is 1. The van der Waals surface area contributed by atoms with Crippen molar-refractivity contribution in [3.63, 3.8) is 0 Å². The van der Waals surface area contributed by atoms with E-state index >= 15 is 0 Å². The third-order valence-corrected chi connectivity index (χ3v) is 4.84. The molecule has 6 nitrogen and oxygen atoms in total. The molecule has 0 radical (unpaired) electrons. The topological polar surface area (TPSA) is 65.5 Å². The molecule has 2 aliphatic heterocycles. The molecule has 1 aromatic rings. The quantitative estimate of drug-likeness (QED) is 0.928. The Balaban J connectivity index is 1.62. The van der Waals surface area contributed by atoms with Crippen molar-refractivity contribution in [2.24, 2.45) is 5.92 Å². The highest BCUT2D eigenvalue weighted by Gasteiger charge is 2.33. The molecular weight excluding hydrogens is 292 g/mol. The molecule has 1 N–H and O–H groups in total. The molecule has 3 amide bonds. The zero-order valence-corrected chi connectivity index (χ0v) is 13.6. The van der Waals surface area contributed by atoms with E-state index < -0.39 is 6.04 Å². The molecule has 1 aromatic heterocycles. The van der Waals surface area contributed by atoms with Crippen LogP contribution in [0.1, 0.15) is 32.6 Å². The summed E-state index contributed by atoms with van der Waals surface area (Å²) in [5.74, 6) is 0.554.